The van der Waals surface area contributed by atoms with E-state index in [-0.39, 0.29) is 5.91 Å². The van der Waals surface area contributed by atoms with Crippen molar-refractivity contribution in [2.45, 2.75) is 6.92 Å². The maximum absolute atomic E-state index is 12.2. The molecule has 2 aromatic heterocycles. The standard InChI is InChI=1S/C11H10BrN3OS/c1-7-9(17-6-14-7)11(16)15(2)10-8(12)4-3-5-13-10/h3-6H,1-2H3. The summed E-state index contributed by atoms with van der Waals surface area (Å²) in [6.45, 7) is 1.82. The molecule has 0 aromatic carbocycles. The van der Waals surface area contributed by atoms with Crippen molar-refractivity contribution in [1.82, 2.24) is 9.97 Å². The zero-order chi connectivity index (χ0) is 12.4. The Labute approximate surface area is 111 Å². The second-order valence-electron chi connectivity index (χ2n) is 3.44. The third-order valence-electron chi connectivity index (χ3n) is 2.30. The molecule has 0 spiro atoms. The molecule has 0 aliphatic rings. The molecular formula is C11H10BrN3OS. The Morgan fingerprint density at radius 2 is 2.24 bits per heavy atom. The van der Waals surface area contributed by atoms with Crippen LogP contribution in [0, 0.1) is 6.92 Å². The maximum atomic E-state index is 12.2. The van der Waals surface area contributed by atoms with Crippen LogP contribution in [0.2, 0.25) is 0 Å². The number of aryl methyl sites for hydroxylation is 1. The largest absolute Gasteiger partial charge is 0.294 e. The molecule has 88 valence electrons. The molecule has 4 nitrogen and oxygen atoms in total. The van der Waals surface area contributed by atoms with Gasteiger partial charge in [-0.05, 0) is 35.0 Å². The summed E-state index contributed by atoms with van der Waals surface area (Å²) in [4.78, 5) is 22.6. The van der Waals surface area contributed by atoms with Crippen LogP contribution in [0.4, 0.5) is 5.82 Å². The van der Waals surface area contributed by atoms with E-state index in [2.05, 4.69) is 25.9 Å². The fraction of sp³-hybridized carbons (Fsp3) is 0.182. The number of carbonyl (C=O) groups excluding carboxylic acids is 1. The van der Waals surface area contributed by atoms with E-state index in [0.29, 0.717) is 10.7 Å². The number of halogens is 1. The minimum atomic E-state index is -0.0931. The van der Waals surface area contributed by atoms with Gasteiger partial charge >= 0.3 is 0 Å². The van der Waals surface area contributed by atoms with Crippen molar-refractivity contribution in [3.8, 4) is 0 Å². The number of thiazole rings is 1. The van der Waals surface area contributed by atoms with Gasteiger partial charge < -0.3 is 0 Å². The number of aromatic nitrogens is 2. The van der Waals surface area contributed by atoms with Crippen LogP contribution >= 0.6 is 27.3 Å². The van der Waals surface area contributed by atoms with E-state index in [1.165, 1.54) is 16.2 Å². The lowest BCUT2D eigenvalue weighted by Crippen LogP contribution is -2.27. The third kappa shape index (κ3) is 2.37. The molecule has 2 rings (SSSR count). The minimum absolute atomic E-state index is 0.0931. The van der Waals surface area contributed by atoms with Gasteiger partial charge in [0.1, 0.15) is 10.7 Å². The van der Waals surface area contributed by atoms with Gasteiger partial charge in [0.2, 0.25) is 0 Å². The average molecular weight is 312 g/mol. The second-order valence-corrected chi connectivity index (χ2v) is 5.15. The van der Waals surface area contributed by atoms with Crippen molar-refractivity contribution in [2.24, 2.45) is 0 Å². The van der Waals surface area contributed by atoms with Gasteiger partial charge in [-0.3, -0.25) is 9.69 Å². The molecule has 2 heterocycles. The van der Waals surface area contributed by atoms with E-state index in [4.69, 9.17) is 0 Å². The van der Waals surface area contributed by atoms with Gasteiger partial charge in [0.05, 0.1) is 15.7 Å². The first-order chi connectivity index (χ1) is 8.11. The predicted octanol–water partition coefficient (Wildman–Crippen LogP) is 2.89. The van der Waals surface area contributed by atoms with E-state index < -0.39 is 0 Å². The van der Waals surface area contributed by atoms with Gasteiger partial charge in [-0.15, -0.1) is 11.3 Å². The molecule has 0 fully saturated rings. The molecule has 0 saturated carbocycles. The topological polar surface area (TPSA) is 46.1 Å². The summed E-state index contributed by atoms with van der Waals surface area (Å²) in [6.07, 6.45) is 1.66. The molecular weight excluding hydrogens is 302 g/mol. The number of hydrogen-bond donors (Lipinski definition) is 0. The lowest BCUT2D eigenvalue weighted by Gasteiger charge is -2.16. The van der Waals surface area contributed by atoms with Crippen molar-refractivity contribution in [3.63, 3.8) is 0 Å². The van der Waals surface area contributed by atoms with Crippen molar-refractivity contribution < 1.29 is 4.79 Å². The van der Waals surface area contributed by atoms with Crippen LogP contribution in [0.1, 0.15) is 15.4 Å². The highest BCUT2D eigenvalue weighted by molar-refractivity contribution is 9.10. The fourth-order valence-corrected chi connectivity index (χ4v) is 2.68. The van der Waals surface area contributed by atoms with Gasteiger partial charge in [-0.1, -0.05) is 0 Å². The van der Waals surface area contributed by atoms with Gasteiger partial charge in [0.25, 0.3) is 5.91 Å². The van der Waals surface area contributed by atoms with Crippen molar-refractivity contribution in [1.29, 1.82) is 0 Å². The number of anilines is 1. The smallest absolute Gasteiger partial charge is 0.271 e. The van der Waals surface area contributed by atoms with Crippen LogP contribution in [-0.2, 0) is 0 Å². The molecule has 0 N–H and O–H groups in total. The predicted molar refractivity (Wildman–Crippen MR) is 71.5 cm³/mol. The summed E-state index contributed by atoms with van der Waals surface area (Å²) in [5, 5.41) is 0. The number of carbonyl (C=O) groups is 1. The minimum Gasteiger partial charge on any atom is -0.294 e. The van der Waals surface area contributed by atoms with Gasteiger partial charge in [-0.25, -0.2) is 9.97 Å². The summed E-state index contributed by atoms with van der Waals surface area (Å²) in [5.41, 5.74) is 2.42. The maximum Gasteiger partial charge on any atom is 0.271 e. The quantitative estimate of drug-likeness (QED) is 0.856. The molecule has 0 atom stereocenters. The molecule has 0 radical (unpaired) electrons. The lowest BCUT2D eigenvalue weighted by atomic mass is 10.3. The third-order valence-corrected chi connectivity index (χ3v) is 3.84. The van der Waals surface area contributed by atoms with Crippen molar-refractivity contribution >= 4 is 39.0 Å². The Balaban J connectivity index is 2.33. The van der Waals surface area contributed by atoms with E-state index in [1.54, 1.807) is 18.8 Å². The number of pyridine rings is 1. The Morgan fingerprint density at radius 1 is 1.47 bits per heavy atom. The molecule has 0 unspecified atom stereocenters. The van der Waals surface area contributed by atoms with E-state index in [1.807, 2.05) is 19.1 Å². The first kappa shape index (κ1) is 12.2. The molecule has 2 aromatic rings. The van der Waals surface area contributed by atoms with Gasteiger partial charge in [0, 0.05) is 13.2 Å². The van der Waals surface area contributed by atoms with Crippen LogP contribution in [0.3, 0.4) is 0 Å². The molecule has 6 heteroatoms. The summed E-state index contributed by atoms with van der Waals surface area (Å²) in [7, 11) is 1.70. The summed E-state index contributed by atoms with van der Waals surface area (Å²) >= 11 is 4.72. The van der Waals surface area contributed by atoms with Crippen LogP contribution in [-0.4, -0.2) is 22.9 Å². The number of nitrogens with zero attached hydrogens (tertiary/aromatic N) is 3. The van der Waals surface area contributed by atoms with Crippen LogP contribution in [0.25, 0.3) is 0 Å². The molecule has 0 saturated heterocycles. The Bertz CT molecular complexity index is 555. The monoisotopic (exact) mass is 311 g/mol. The SMILES string of the molecule is Cc1ncsc1C(=O)N(C)c1ncccc1Br. The molecule has 0 aliphatic carbocycles. The van der Waals surface area contributed by atoms with E-state index in [0.717, 1.165) is 10.2 Å². The highest BCUT2D eigenvalue weighted by atomic mass is 79.9. The number of amides is 1. The summed E-state index contributed by atoms with van der Waals surface area (Å²) < 4.78 is 0.790. The Hall–Kier alpha value is -1.27. The molecule has 0 bridgehead atoms. The second kappa shape index (κ2) is 4.93. The van der Waals surface area contributed by atoms with Crippen LogP contribution in [0.15, 0.2) is 28.3 Å². The fourth-order valence-electron chi connectivity index (χ4n) is 1.38. The number of rotatable bonds is 2. The summed E-state index contributed by atoms with van der Waals surface area (Å²) in [5.74, 6) is 0.509. The first-order valence-electron chi connectivity index (χ1n) is 4.90. The Morgan fingerprint density at radius 3 is 2.82 bits per heavy atom. The highest BCUT2D eigenvalue weighted by Crippen LogP contribution is 2.24. The van der Waals surface area contributed by atoms with Crippen LogP contribution < -0.4 is 4.90 Å². The molecule has 0 aliphatic heterocycles. The summed E-state index contributed by atoms with van der Waals surface area (Å²) in [6, 6.07) is 3.66. The van der Waals surface area contributed by atoms with E-state index in [9.17, 15) is 4.79 Å². The van der Waals surface area contributed by atoms with Gasteiger partial charge in [0.15, 0.2) is 0 Å². The van der Waals surface area contributed by atoms with E-state index >= 15 is 0 Å². The molecule has 1 amide bonds. The lowest BCUT2D eigenvalue weighted by molar-refractivity contribution is 0.0995. The molecule has 17 heavy (non-hydrogen) atoms. The van der Waals surface area contributed by atoms with Crippen molar-refractivity contribution in [3.05, 3.63) is 38.9 Å². The normalized spacial score (nSPS) is 10.3. The van der Waals surface area contributed by atoms with Gasteiger partial charge in [-0.2, -0.15) is 0 Å². The Kier molecular flexibility index (Phi) is 3.54. The van der Waals surface area contributed by atoms with Crippen molar-refractivity contribution in [2.75, 3.05) is 11.9 Å². The zero-order valence-electron chi connectivity index (χ0n) is 9.35. The van der Waals surface area contributed by atoms with Crippen LogP contribution in [0.5, 0.6) is 0 Å². The average Bonchev–Trinajstić information content (AvgIpc) is 2.74. The first-order valence-corrected chi connectivity index (χ1v) is 6.57. The number of hydrogen-bond acceptors (Lipinski definition) is 4. The zero-order valence-corrected chi connectivity index (χ0v) is 11.7. The highest BCUT2D eigenvalue weighted by Gasteiger charge is 2.19.